The van der Waals surface area contributed by atoms with Gasteiger partial charge in [0.25, 0.3) is 0 Å². The van der Waals surface area contributed by atoms with Gasteiger partial charge >= 0.3 is 17.7 Å². The zero-order chi connectivity index (χ0) is 14.9. The predicted molar refractivity (Wildman–Crippen MR) is 64.5 cm³/mol. The summed E-state index contributed by atoms with van der Waals surface area (Å²) in [5.74, 6) is -5.20. The fourth-order valence-corrected chi connectivity index (χ4v) is 1.84. The SMILES string of the molecule is COC(=O)C1(C(=O)O)Oc2ccc(CC(C)=O)cc2O1. The van der Waals surface area contributed by atoms with Crippen LogP contribution in [0.5, 0.6) is 11.5 Å². The summed E-state index contributed by atoms with van der Waals surface area (Å²) in [4.78, 5) is 33.9. The van der Waals surface area contributed by atoms with E-state index in [2.05, 4.69) is 4.74 Å². The molecule has 1 unspecified atom stereocenters. The maximum Gasteiger partial charge on any atom is 0.453 e. The van der Waals surface area contributed by atoms with E-state index >= 15 is 0 Å². The van der Waals surface area contributed by atoms with Gasteiger partial charge < -0.3 is 19.3 Å². The largest absolute Gasteiger partial charge is 0.475 e. The van der Waals surface area contributed by atoms with E-state index < -0.39 is 17.7 Å². The van der Waals surface area contributed by atoms with Crippen LogP contribution in [0.15, 0.2) is 18.2 Å². The first-order valence-corrected chi connectivity index (χ1v) is 5.71. The van der Waals surface area contributed by atoms with Gasteiger partial charge in [0.1, 0.15) is 5.78 Å². The molecule has 2 rings (SSSR count). The van der Waals surface area contributed by atoms with Crippen LogP contribution in [0.2, 0.25) is 0 Å². The van der Waals surface area contributed by atoms with Gasteiger partial charge in [0, 0.05) is 6.42 Å². The Kier molecular flexibility index (Phi) is 3.35. The Morgan fingerprint density at radius 1 is 1.25 bits per heavy atom. The number of rotatable bonds is 4. The summed E-state index contributed by atoms with van der Waals surface area (Å²) in [6.07, 6.45) is 0.176. The van der Waals surface area contributed by atoms with Crippen molar-refractivity contribution in [1.82, 2.24) is 0 Å². The highest BCUT2D eigenvalue weighted by molar-refractivity contribution is 6.02. The van der Waals surface area contributed by atoms with Crippen LogP contribution in [0.3, 0.4) is 0 Å². The molecule has 0 radical (unpaired) electrons. The lowest BCUT2D eigenvalue weighted by molar-refractivity contribution is -0.196. The molecular formula is C13H12O7. The predicted octanol–water partition coefficient (Wildman–Crippen LogP) is 0.543. The summed E-state index contributed by atoms with van der Waals surface area (Å²) in [6.45, 7) is 1.43. The molecule has 20 heavy (non-hydrogen) atoms. The van der Waals surface area contributed by atoms with Gasteiger partial charge in [-0.3, -0.25) is 4.79 Å². The number of hydrogen-bond acceptors (Lipinski definition) is 6. The molecule has 1 aliphatic rings. The highest BCUT2D eigenvalue weighted by Gasteiger charge is 2.58. The second kappa shape index (κ2) is 4.84. The average molecular weight is 280 g/mol. The van der Waals surface area contributed by atoms with Crippen LogP contribution in [0, 0.1) is 0 Å². The summed E-state index contributed by atoms with van der Waals surface area (Å²) in [7, 11) is 1.03. The first-order chi connectivity index (χ1) is 9.39. The highest BCUT2D eigenvalue weighted by atomic mass is 16.8. The molecule has 0 spiro atoms. The first-order valence-electron chi connectivity index (χ1n) is 5.71. The van der Waals surface area contributed by atoms with Crippen molar-refractivity contribution in [3.05, 3.63) is 23.8 Å². The number of methoxy groups -OCH3 is 1. The molecule has 0 amide bonds. The van der Waals surface area contributed by atoms with Crippen molar-refractivity contribution < 1.29 is 33.7 Å². The quantitative estimate of drug-likeness (QED) is 0.634. The number of carboxylic acid groups (broad SMARTS) is 1. The number of ether oxygens (including phenoxy) is 3. The van der Waals surface area contributed by atoms with Gasteiger partial charge in [0.2, 0.25) is 0 Å². The van der Waals surface area contributed by atoms with Crippen LogP contribution in [-0.4, -0.2) is 35.7 Å². The number of Topliss-reactive ketones (excluding diaryl/α,β-unsaturated/α-hetero) is 1. The van der Waals surface area contributed by atoms with Crippen LogP contribution in [0.25, 0.3) is 0 Å². The molecule has 1 aromatic rings. The normalized spacial score (nSPS) is 19.5. The fourth-order valence-electron chi connectivity index (χ4n) is 1.84. The Balaban J connectivity index is 2.36. The minimum Gasteiger partial charge on any atom is -0.475 e. The van der Waals surface area contributed by atoms with E-state index in [0.29, 0.717) is 5.56 Å². The van der Waals surface area contributed by atoms with Gasteiger partial charge in [-0.2, -0.15) is 0 Å². The van der Waals surface area contributed by atoms with Gasteiger partial charge in [0.15, 0.2) is 11.5 Å². The fraction of sp³-hybridized carbons (Fsp3) is 0.308. The molecule has 0 fully saturated rings. The second-order valence-electron chi connectivity index (χ2n) is 4.28. The van der Waals surface area contributed by atoms with E-state index in [1.54, 1.807) is 6.07 Å². The summed E-state index contributed by atoms with van der Waals surface area (Å²) in [6, 6.07) is 4.50. The third-order valence-electron chi connectivity index (χ3n) is 2.70. The van der Waals surface area contributed by atoms with Crippen molar-refractivity contribution in [2.75, 3.05) is 7.11 Å². The molecule has 0 aromatic heterocycles. The molecule has 0 saturated carbocycles. The van der Waals surface area contributed by atoms with Crippen molar-refractivity contribution in [2.24, 2.45) is 0 Å². The van der Waals surface area contributed by atoms with E-state index in [0.717, 1.165) is 7.11 Å². The molecule has 1 aromatic carbocycles. The van der Waals surface area contributed by atoms with Gasteiger partial charge in [-0.25, -0.2) is 9.59 Å². The molecule has 7 heteroatoms. The lowest BCUT2D eigenvalue weighted by Crippen LogP contribution is -2.54. The third-order valence-corrected chi connectivity index (χ3v) is 2.70. The molecular weight excluding hydrogens is 268 g/mol. The van der Waals surface area contributed by atoms with E-state index in [1.807, 2.05) is 0 Å². The Morgan fingerprint density at radius 3 is 2.45 bits per heavy atom. The van der Waals surface area contributed by atoms with E-state index in [9.17, 15) is 14.4 Å². The number of aliphatic carboxylic acids is 1. The van der Waals surface area contributed by atoms with Crippen molar-refractivity contribution in [2.45, 2.75) is 19.1 Å². The lowest BCUT2D eigenvalue weighted by Gasteiger charge is -2.19. The summed E-state index contributed by atoms with van der Waals surface area (Å²) < 4.78 is 14.6. The Morgan fingerprint density at radius 2 is 1.90 bits per heavy atom. The molecule has 0 aliphatic carbocycles. The van der Waals surface area contributed by atoms with Crippen molar-refractivity contribution in [1.29, 1.82) is 0 Å². The number of ketones is 1. The molecule has 1 aliphatic heterocycles. The van der Waals surface area contributed by atoms with E-state index in [4.69, 9.17) is 14.6 Å². The topological polar surface area (TPSA) is 99.1 Å². The number of fused-ring (bicyclic) bond motifs is 1. The second-order valence-corrected chi connectivity index (χ2v) is 4.28. The zero-order valence-electron chi connectivity index (χ0n) is 10.8. The number of carbonyl (C=O) groups is 3. The van der Waals surface area contributed by atoms with E-state index in [-0.39, 0.29) is 23.7 Å². The van der Waals surface area contributed by atoms with Crippen LogP contribution in [0.1, 0.15) is 12.5 Å². The van der Waals surface area contributed by atoms with Crippen molar-refractivity contribution >= 4 is 17.7 Å². The van der Waals surface area contributed by atoms with Crippen LogP contribution >= 0.6 is 0 Å². The summed E-state index contributed by atoms with van der Waals surface area (Å²) in [5, 5.41) is 9.15. The maximum absolute atomic E-state index is 11.6. The van der Waals surface area contributed by atoms with Crippen molar-refractivity contribution in [3.63, 3.8) is 0 Å². The molecule has 106 valence electrons. The zero-order valence-corrected chi connectivity index (χ0v) is 10.8. The molecule has 0 saturated heterocycles. The number of carbonyl (C=O) groups excluding carboxylic acids is 2. The standard InChI is InChI=1S/C13H12O7/c1-7(14)5-8-3-4-9-10(6-8)20-13(19-9,11(15)16)12(17)18-2/h3-4,6H,5H2,1-2H3,(H,15,16). The molecule has 1 heterocycles. The minimum atomic E-state index is -2.54. The van der Waals surface area contributed by atoms with Gasteiger partial charge in [-0.15, -0.1) is 0 Å². The van der Waals surface area contributed by atoms with Gasteiger partial charge in [0.05, 0.1) is 7.11 Å². The first kappa shape index (κ1) is 13.9. The molecule has 1 N–H and O–H groups in total. The van der Waals surface area contributed by atoms with Crippen molar-refractivity contribution in [3.8, 4) is 11.5 Å². The van der Waals surface area contributed by atoms with Gasteiger partial charge in [-0.05, 0) is 24.6 Å². The monoisotopic (exact) mass is 280 g/mol. The highest BCUT2D eigenvalue weighted by Crippen LogP contribution is 2.40. The summed E-state index contributed by atoms with van der Waals surface area (Å²) >= 11 is 0. The Labute approximate surface area is 114 Å². The number of benzene rings is 1. The lowest BCUT2D eigenvalue weighted by atomic mass is 10.1. The van der Waals surface area contributed by atoms with E-state index in [1.165, 1.54) is 19.1 Å². The number of hydrogen-bond donors (Lipinski definition) is 1. The Bertz CT molecular complexity index is 592. The average Bonchev–Trinajstić information content (AvgIpc) is 2.77. The molecule has 0 bridgehead atoms. The molecule has 1 atom stereocenters. The third kappa shape index (κ3) is 2.18. The van der Waals surface area contributed by atoms with Gasteiger partial charge in [-0.1, -0.05) is 6.07 Å². The smallest absolute Gasteiger partial charge is 0.453 e. The number of carboxylic acids is 1. The number of esters is 1. The summed E-state index contributed by atoms with van der Waals surface area (Å²) in [5.41, 5.74) is 0.630. The van der Waals surface area contributed by atoms with Crippen LogP contribution in [0.4, 0.5) is 0 Å². The Hall–Kier alpha value is -2.57. The van der Waals surface area contributed by atoms with Crippen LogP contribution in [-0.2, 0) is 25.5 Å². The van der Waals surface area contributed by atoms with Crippen LogP contribution < -0.4 is 9.47 Å². The molecule has 7 nitrogen and oxygen atoms in total. The maximum atomic E-state index is 11.6. The minimum absolute atomic E-state index is 0.0543.